The largest absolute Gasteiger partial charge is 0.367 e. The molecule has 0 unspecified atom stereocenters. The molecule has 0 radical (unpaired) electrons. The molecule has 18 heavy (non-hydrogen) atoms. The van der Waals surface area contributed by atoms with Crippen LogP contribution in [0.25, 0.3) is 0 Å². The van der Waals surface area contributed by atoms with E-state index < -0.39 is 0 Å². The molecule has 0 aliphatic carbocycles. The topological polar surface area (TPSA) is 49.6 Å². The molecule has 1 saturated heterocycles. The Bertz CT molecular complexity index is 442. The van der Waals surface area contributed by atoms with E-state index in [0.717, 1.165) is 42.5 Å². The SMILES string of the molecule is CC(=O)N1CCN(c2ccc(CN)cc2Cl)CC1. The lowest BCUT2D eigenvalue weighted by molar-refractivity contribution is -0.129. The fraction of sp³-hybridized carbons (Fsp3) is 0.462. The highest BCUT2D eigenvalue weighted by atomic mass is 35.5. The minimum atomic E-state index is 0.138. The second kappa shape index (κ2) is 5.59. The van der Waals surface area contributed by atoms with Gasteiger partial charge in [0.2, 0.25) is 5.91 Å². The summed E-state index contributed by atoms with van der Waals surface area (Å²) in [6.45, 7) is 5.26. The van der Waals surface area contributed by atoms with Crippen LogP contribution in [0.5, 0.6) is 0 Å². The van der Waals surface area contributed by atoms with Crippen molar-refractivity contribution in [1.82, 2.24) is 4.90 Å². The Kier molecular flexibility index (Phi) is 4.09. The number of anilines is 1. The summed E-state index contributed by atoms with van der Waals surface area (Å²) in [7, 11) is 0. The minimum Gasteiger partial charge on any atom is -0.367 e. The van der Waals surface area contributed by atoms with Crippen molar-refractivity contribution in [1.29, 1.82) is 0 Å². The number of rotatable bonds is 2. The van der Waals surface area contributed by atoms with Crippen molar-refractivity contribution in [2.75, 3.05) is 31.1 Å². The predicted octanol–water partition coefficient (Wildman–Crippen LogP) is 1.47. The van der Waals surface area contributed by atoms with E-state index in [1.165, 1.54) is 0 Å². The van der Waals surface area contributed by atoms with Crippen molar-refractivity contribution in [3.8, 4) is 0 Å². The van der Waals surface area contributed by atoms with Crippen LogP contribution in [-0.2, 0) is 11.3 Å². The van der Waals surface area contributed by atoms with Gasteiger partial charge >= 0.3 is 0 Å². The summed E-state index contributed by atoms with van der Waals surface area (Å²) in [5.74, 6) is 0.138. The van der Waals surface area contributed by atoms with Crippen LogP contribution < -0.4 is 10.6 Å². The van der Waals surface area contributed by atoms with Crippen molar-refractivity contribution < 1.29 is 4.79 Å². The van der Waals surface area contributed by atoms with Gasteiger partial charge in [-0.3, -0.25) is 4.79 Å². The highest BCUT2D eigenvalue weighted by molar-refractivity contribution is 6.33. The highest BCUT2D eigenvalue weighted by Gasteiger charge is 2.20. The quantitative estimate of drug-likeness (QED) is 0.883. The van der Waals surface area contributed by atoms with Gasteiger partial charge in [-0.25, -0.2) is 0 Å². The van der Waals surface area contributed by atoms with Gasteiger partial charge in [0.05, 0.1) is 10.7 Å². The smallest absolute Gasteiger partial charge is 0.219 e. The molecule has 1 aliphatic heterocycles. The number of hydrogen-bond acceptors (Lipinski definition) is 3. The summed E-state index contributed by atoms with van der Waals surface area (Å²) in [6, 6.07) is 5.92. The van der Waals surface area contributed by atoms with Crippen LogP contribution in [0.1, 0.15) is 12.5 Å². The van der Waals surface area contributed by atoms with Crippen molar-refractivity contribution in [2.45, 2.75) is 13.5 Å². The van der Waals surface area contributed by atoms with Gasteiger partial charge in [0.1, 0.15) is 0 Å². The zero-order chi connectivity index (χ0) is 13.1. The molecule has 1 heterocycles. The molecule has 98 valence electrons. The first kappa shape index (κ1) is 13.2. The van der Waals surface area contributed by atoms with E-state index >= 15 is 0 Å². The number of piperazine rings is 1. The van der Waals surface area contributed by atoms with Crippen LogP contribution in [-0.4, -0.2) is 37.0 Å². The molecule has 2 N–H and O–H groups in total. The molecule has 5 heteroatoms. The van der Waals surface area contributed by atoms with E-state index in [1.807, 2.05) is 23.1 Å². The number of nitrogens with zero attached hydrogens (tertiary/aromatic N) is 2. The normalized spacial score (nSPS) is 15.9. The van der Waals surface area contributed by atoms with Crippen molar-refractivity contribution >= 4 is 23.2 Å². The van der Waals surface area contributed by atoms with E-state index in [2.05, 4.69) is 4.90 Å². The third-order valence-electron chi connectivity index (χ3n) is 3.31. The Morgan fingerprint density at radius 3 is 2.50 bits per heavy atom. The van der Waals surface area contributed by atoms with Gasteiger partial charge in [-0.05, 0) is 17.7 Å². The van der Waals surface area contributed by atoms with Crippen LogP contribution in [0.4, 0.5) is 5.69 Å². The first-order valence-electron chi connectivity index (χ1n) is 6.11. The standard InChI is InChI=1S/C13H18ClN3O/c1-10(18)16-4-6-17(7-5-16)13-3-2-11(9-15)8-12(13)14/h2-3,8H,4-7,9,15H2,1H3. The molecule has 1 aromatic carbocycles. The molecule has 0 atom stereocenters. The van der Waals surface area contributed by atoms with Crippen LogP contribution >= 0.6 is 11.6 Å². The van der Waals surface area contributed by atoms with Crippen LogP contribution in [0.2, 0.25) is 5.02 Å². The molecule has 1 amide bonds. The van der Waals surface area contributed by atoms with Gasteiger partial charge < -0.3 is 15.5 Å². The molecule has 0 saturated carbocycles. The number of hydrogen-bond donors (Lipinski definition) is 1. The molecule has 1 fully saturated rings. The zero-order valence-corrected chi connectivity index (χ0v) is 11.3. The molecule has 1 aromatic rings. The van der Waals surface area contributed by atoms with Gasteiger partial charge in [-0.15, -0.1) is 0 Å². The number of benzene rings is 1. The van der Waals surface area contributed by atoms with E-state index in [0.29, 0.717) is 6.54 Å². The molecule has 2 rings (SSSR count). The lowest BCUT2D eigenvalue weighted by Gasteiger charge is -2.36. The van der Waals surface area contributed by atoms with E-state index in [1.54, 1.807) is 6.92 Å². The van der Waals surface area contributed by atoms with Gasteiger partial charge in [0.15, 0.2) is 0 Å². The third-order valence-corrected chi connectivity index (χ3v) is 3.62. The number of carbonyl (C=O) groups excluding carboxylic acids is 1. The molecular weight excluding hydrogens is 250 g/mol. The second-order valence-corrected chi connectivity index (χ2v) is 4.89. The maximum Gasteiger partial charge on any atom is 0.219 e. The lowest BCUT2D eigenvalue weighted by Crippen LogP contribution is -2.48. The first-order valence-corrected chi connectivity index (χ1v) is 6.48. The fourth-order valence-corrected chi connectivity index (χ4v) is 2.52. The monoisotopic (exact) mass is 267 g/mol. The lowest BCUT2D eigenvalue weighted by atomic mass is 10.2. The zero-order valence-electron chi connectivity index (χ0n) is 10.5. The molecule has 4 nitrogen and oxygen atoms in total. The average molecular weight is 268 g/mol. The van der Waals surface area contributed by atoms with Crippen molar-refractivity contribution in [3.63, 3.8) is 0 Å². The van der Waals surface area contributed by atoms with Gasteiger partial charge in [0, 0.05) is 39.6 Å². The van der Waals surface area contributed by atoms with Gasteiger partial charge in [0.25, 0.3) is 0 Å². The third kappa shape index (κ3) is 2.76. The summed E-state index contributed by atoms with van der Waals surface area (Å²) in [5.41, 5.74) is 7.64. The van der Waals surface area contributed by atoms with Gasteiger partial charge in [-0.1, -0.05) is 17.7 Å². The molecule has 1 aliphatic rings. The fourth-order valence-electron chi connectivity index (χ4n) is 2.20. The summed E-state index contributed by atoms with van der Waals surface area (Å²) in [4.78, 5) is 15.3. The minimum absolute atomic E-state index is 0.138. The first-order chi connectivity index (χ1) is 8.61. The van der Waals surface area contributed by atoms with Crippen LogP contribution in [0, 0.1) is 0 Å². The molecular formula is C13H18ClN3O. The molecule has 0 spiro atoms. The predicted molar refractivity (Wildman–Crippen MR) is 73.8 cm³/mol. The van der Waals surface area contributed by atoms with E-state index in [-0.39, 0.29) is 5.91 Å². The summed E-state index contributed by atoms with van der Waals surface area (Å²) in [6.07, 6.45) is 0. The second-order valence-electron chi connectivity index (χ2n) is 4.48. The van der Waals surface area contributed by atoms with Gasteiger partial charge in [-0.2, -0.15) is 0 Å². The van der Waals surface area contributed by atoms with Crippen molar-refractivity contribution in [3.05, 3.63) is 28.8 Å². The Morgan fingerprint density at radius 1 is 1.33 bits per heavy atom. The average Bonchev–Trinajstić information content (AvgIpc) is 2.38. The summed E-state index contributed by atoms with van der Waals surface area (Å²) in [5, 5.41) is 0.731. The number of carbonyl (C=O) groups is 1. The Hall–Kier alpha value is -1.26. The summed E-state index contributed by atoms with van der Waals surface area (Å²) < 4.78 is 0. The summed E-state index contributed by atoms with van der Waals surface area (Å²) >= 11 is 6.26. The van der Waals surface area contributed by atoms with Crippen molar-refractivity contribution in [2.24, 2.45) is 5.73 Å². The Balaban J connectivity index is 2.07. The maximum absolute atomic E-state index is 11.3. The molecule has 0 bridgehead atoms. The number of amides is 1. The van der Waals surface area contributed by atoms with E-state index in [4.69, 9.17) is 17.3 Å². The molecule has 0 aromatic heterocycles. The number of halogens is 1. The highest BCUT2D eigenvalue weighted by Crippen LogP contribution is 2.27. The Labute approximate surface area is 112 Å². The van der Waals surface area contributed by atoms with Crippen LogP contribution in [0.15, 0.2) is 18.2 Å². The number of nitrogens with two attached hydrogens (primary N) is 1. The Morgan fingerprint density at radius 2 is 2.00 bits per heavy atom. The maximum atomic E-state index is 11.3. The van der Waals surface area contributed by atoms with Crippen LogP contribution in [0.3, 0.4) is 0 Å². The van der Waals surface area contributed by atoms with E-state index in [9.17, 15) is 4.79 Å².